The van der Waals surface area contributed by atoms with E-state index in [1.807, 2.05) is 63.2 Å². The van der Waals surface area contributed by atoms with Gasteiger partial charge in [-0.15, -0.1) is 0 Å². The highest BCUT2D eigenvalue weighted by Gasteiger charge is 2.39. The molecule has 1 fully saturated rings. The van der Waals surface area contributed by atoms with Crippen LogP contribution in [0.1, 0.15) is 48.2 Å². The molecule has 29 heavy (non-hydrogen) atoms. The second-order valence-corrected chi connectivity index (χ2v) is 7.93. The van der Waals surface area contributed by atoms with Gasteiger partial charge in [0.25, 0.3) is 5.91 Å². The monoisotopic (exact) mass is 394 g/mol. The molecule has 1 aliphatic rings. The van der Waals surface area contributed by atoms with E-state index >= 15 is 0 Å². The number of carbonyl (C=O) groups excluding carboxylic acids is 2. The summed E-state index contributed by atoms with van der Waals surface area (Å²) in [6, 6.07) is 15.3. The number of nitrogens with zero attached hydrogens (tertiary/aromatic N) is 1. The van der Waals surface area contributed by atoms with E-state index in [9.17, 15) is 9.59 Å². The Morgan fingerprint density at radius 3 is 2.62 bits per heavy atom. The molecular weight excluding hydrogens is 364 g/mol. The normalized spacial score (nSPS) is 18.9. The van der Waals surface area contributed by atoms with Crippen molar-refractivity contribution in [1.29, 1.82) is 0 Å². The minimum atomic E-state index is -0.600. The Kier molecular flexibility index (Phi) is 6.57. The van der Waals surface area contributed by atoms with Crippen molar-refractivity contribution in [3.8, 4) is 5.75 Å². The smallest absolute Gasteiger partial charge is 0.257 e. The molecule has 0 saturated carbocycles. The van der Waals surface area contributed by atoms with Gasteiger partial charge in [-0.3, -0.25) is 9.59 Å². The Morgan fingerprint density at radius 2 is 1.86 bits per heavy atom. The lowest BCUT2D eigenvalue weighted by atomic mass is 9.80. The quantitative estimate of drug-likeness (QED) is 0.807. The van der Waals surface area contributed by atoms with Crippen LogP contribution in [0.3, 0.4) is 0 Å². The zero-order valence-corrected chi connectivity index (χ0v) is 17.5. The summed E-state index contributed by atoms with van der Waals surface area (Å²) < 4.78 is 5.62. The number of ether oxygens (including phenoxy) is 1. The predicted octanol–water partition coefficient (Wildman–Crippen LogP) is 3.95. The Hall–Kier alpha value is -2.82. The first kappa shape index (κ1) is 20.9. The van der Waals surface area contributed by atoms with Gasteiger partial charge in [-0.1, -0.05) is 36.4 Å². The second kappa shape index (κ2) is 9.12. The van der Waals surface area contributed by atoms with E-state index in [0.29, 0.717) is 37.6 Å². The van der Waals surface area contributed by atoms with E-state index in [2.05, 4.69) is 5.32 Å². The average molecular weight is 395 g/mol. The van der Waals surface area contributed by atoms with Crippen LogP contribution in [0.15, 0.2) is 48.5 Å². The van der Waals surface area contributed by atoms with Crippen molar-refractivity contribution in [2.24, 2.45) is 5.41 Å². The van der Waals surface area contributed by atoms with Crippen LogP contribution in [-0.2, 0) is 11.3 Å². The van der Waals surface area contributed by atoms with Crippen molar-refractivity contribution >= 4 is 11.8 Å². The van der Waals surface area contributed by atoms with E-state index < -0.39 is 5.41 Å². The molecule has 1 aliphatic heterocycles. The maximum absolute atomic E-state index is 13.1. The Morgan fingerprint density at radius 1 is 1.14 bits per heavy atom. The van der Waals surface area contributed by atoms with Gasteiger partial charge in [0, 0.05) is 19.6 Å². The third-order valence-corrected chi connectivity index (χ3v) is 5.65. The fourth-order valence-corrected chi connectivity index (χ4v) is 3.89. The molecular formula is C24H30N2O3. The molecule has 1 unspecified atom stereocenters. The zero-order valence-electron chi connectivity index (χ0n) is 17.5. The highest BCUT2D eigenvalue weighted by molar-refractivity contribution is 5.97. The Balaban J connectivity index is 1.69. The fraction of sp³-hybridized carbons (Fsp3) is 0.417. The molecule has 2 aromatic rings. The lowest BCUT2D eigenvalue weighted by Gasteiger charge is -2.39. The van der Waals surface area contributed by atoms with Crippen LogP contribution in [0.25, 0.3) is 0 Å². The number of hydrogen-bond acceptors (Lipinski definition) is 3. The van der Waals surface area contributed by atoms with Crippen molar-refractivity contribution in [3.63, 3.8) is 0 Å². The number of carbonyl (C=O) groups is 2. The van der Waals surface area contributed by atoms with E-state index in [0.717, 1.165) is 24.0 Å². The van der Waals surface area contributed by atoms with E-state index in [4.69, 9.17) is 4.74 Å². The molecule has 0 aromatic heterocycles. The van der Waals surface area contributed by atoms with Gasteiger partial charge in [0.1, 0.15) is 5.75 Å². The number of piperidine rings is 1. The van der Waals surface area contributed by atoms with Crippen LogP contribution in [-0.4, -0.2) is 36.4 Å². The molecule has 0 radical (unpaired) electrons. The number of benzene rings is 2. The minimum absolute atomic E-state index is 0.00338. The van der Waals surface area contributed by atoms with Crippen molar-refractivity contribution < 1.29 is 14.3 Å². The summed E-state index contributed by atoms with van der Waals surface area (Å²) in [5.41, 5.74) is 2.22. The van der Waals surface area contributed by atoms with Gasteiger partial charge in [0.15, 0.2) is 0 Å². The maximum atomic E-state index is 13.1. The summed E-state index contributed by atoms with van der Waals surface area (Å²) in [5, 5.41) is 3.08. The summed E-state index contributed by atoms with van der Waals surface area (Å²) >= 11 is 0. The molecule has 1 atom stereocenters. The maximum Gasteiger partial charge on any atom is 0.257 e. The third kappa shape index (κ3) is 4.78. The molecule has 154 valence electrons. The molecule has 0 aliphatic carbocycles. The van der Waals surface area contributed by atoms with Crippen molar-refractivity contribution in [2.45, 2.75) is 40.2 Å². The first-order chi connectivity index (χ1) is 13.9. The van der Waals surface area contributed by atoms with Gasteiger partial charge in [-0.25, -0.2) is 0 Å². The molecule has 2 amide bonds. The lowest BCUT2D eigenvalue weighted by molar-refractivity contribution is -0.132. The molecule has 3 rings (SSSR count). The Labute approximate surface area is 173 Å². The number of likely N-dealkylation sites (tertiary alicyclic amines) is 1. The molecule has 0 bridgehead atoms. The Bertz CT molecular complexity index is 880. The van der Waals surface area contributed by atoms with Crippen molar-refractivity contribution in [2.75, 3.05) is 19.7 Å². The first-order valence-corrected chi connectivity index (χ1v) is 10.3. The zero-order chi connectivity index (χ0) is 20.9. The summed E-state index contributed by atoms with van der Waals surface area (Å²) in [5.74, 6) is 0.513. The number of nitrogens with one attached hydrogen (secondary N) is 1. The molecule has 1 heterocycles. The van der Waals surface area contributed by atoms with Crippen molar-refractivity contribution in [1.82, 2.24) is 10.2 Å². The number of hydrogen-bond donors (Lipinski definition) is 1. The van der Waals surface area contributed by atoms with Crippen LogP contribution >= 0.6 is 0 Å². The molecule has 5 nitrogen and oxygen atoms in total. The lowest BCUT2D eigenvalue weighted by Crippen LogP contribution is -2.51. The van der Waals surface area contributed by atoms with Crippen LogP contribution < -0.4 is 10.1 Å². The van der Waals surface area contributed by atoms with Gasteiger partial charge >= 0.3 is 0 Å². The second-order valence-electron chi connectivity index (χ2n) is 7.93. The highest BCUT2D eigenvalue weighted by atomic mass is 16.5. The molecule has 1 saturated heterocycles. The molecule has 5 heteroatoms. The fourth-order valence-electron chi connectivity index (χ4n) is 3.89. The SMILES string of the molecule is CCOc1ccccc1C(=O)N1CCCC(C)(C(=O)NCc2ccccc2C)C1. The standard InChI is InChI=1S/C24H30N2O3/c1-4-29-21-13-8-7-12-20(21)22(27)26-15-9-14-24(3,17-26)23(28)25-16-19-11-6-5-10-18(19)2/h5-8,10-13H,4,9,14-17H2,1-3H3,(H,25,28). The number of aryl methyl sites for hydroxylation is 1. The topological polar surface area (TPSA) is 58.6 Å². The summed E-state index contributed by atoms with van der Waals surface area (Å²) in [6.45, 7) is 7.96. The predicted molar refractivity (Wildman–Crippen MR) is 114 cm³/mol. The number of amides is 2. The molecule has 2 aromatic carbocycles. The summed E-state index contributed by atoms with van der Waals surface area (Å²) in [6.07, 6.45) is 1.57. The molecule has 1 N–H and O–H groups in total. The van der Waals surface area contributed by atoms with Gasteiger partial charge in [-0.05, 0) is 56.9 Å². The average Bonchev–Trinajstić information content (AvgIpc) is 2.73. The van der Waals surface area contributed by atoms with Gasteiger partial charge in [0.05, 0.1) is 17.6 Å². The summed E-state index contributed by atoms with van der Waals surface area (Å²) in [4.78, 5) is 27.9. The molecule has 0 spiro atoms. The van der Waals surface area contributed by atoms with Crippen molar-refractivity contribution in [3.05, 3.63) is 65.2 Å². The largest absolute Gasteiger partial charge is 0.493 e. The number of para-hydroxylation sites is 1. The first-order valence-electron chi connectivity index (χ1n) is 10.3. The summed E-state index contributed by atoms with van der Waals surface area (Å²) in [7, 11) is 0. The van der Waals surface area contributed by atoms with E-state index in [1.165, 1.54) is 0 Å². The third-order valence-electron chi connectivity index (χ3n) is 5.65. The minimum Gasteiger partial charge on any atom is -0.493 e. The van der Waals surface area contributed by atoms with Gasteiger partial charge in [0.2, 0.25) is 5.91 Å². The van der Waals surface area contributed by atoms with Gasteiger partial charge in [-0.2, -0.15) is 0 Å². The van der Waals surface area contributed by atoms with Crippen LogP contribution in [0, 0.1) is 12.3 Å². The highest BCUT2D eigenvalue weighted by Crippen LogP contribution is 2.32. The van der Waals surface area contributed by atoms with Crippen LogP contribution in [0.2, 0.25) is 0 Å². The van der Waals surface area contributed by atoms with Crippen LogP contribution in [0.4, 0.5) is 0 Å². The number of rotatable bonds is 6. The van der Waals surface area contributed by atoms with Gasteiger partial charge < -0.3 is 15.0 Å². The van der Waals surface area contributed by atoms with E-state index in [-0.39, 0.29) is 11.8 Å². The van der Waals surface area contributed by atoms with E-state index in [1.54, 1.807) is 11.0 Å². The van der Waals surface area contributed by atoms with Crippen LogP contribution in [0.5, 0.6) is 5.75 Å².